The Hall–Kier alpha value is -3.05. The van der Waals surface area contributed by atoms with E-state index in [-0.39, 0.29) is 0 Å². The molecule has 3 aromatic rings. The van der Waals surface area contributed by atoms with Crippen molar-refractivity contribution in [1.82, 2.24) is 15.3 Å². The van der Waals surface area contributed by atoms with E-state index in [0.29, 0.717) is 0 Å². The number of para-hydroxylation sites is 1. The van der Waals surface area contributed by atoms with Crippen LogP contribution in [0.3, 0.4) is 0 Å². The van der Waals surface area contributed by atoms with Gasteiger partial charge >= 0.3 is 0 Å². The number of aromatic nitrogens is 2. The SMILES string of the molecule is C=CN1c2ccc(-c3cnc(CNCCC)[nH]3)cc2Oc2cccc(C)c21. The van der Waals surface area contributed by atoms with Gasteiger partial charge in [-0.3, -0.25) is 0 Å². The van der Waals surface area contributed by atoms with E-state index in [1.165, 1.54) is 0 Å². The Morgan fingerprint density at radius 3 is 2.96 bits per heavy atom. The average Bonchev–Trinajstić information content (AvgIpc) is 3.15. The molecule has 0 bridgehead atoms. The zero-order valence-electron chi connectivity index (χ0n) is 15.7. The van der Waals surface area contributed by atoms with Crippen LogP contribution in [0.15, 0.2) is 55.4 Å². The number of rotatable bonds is 6. The van der Waals surface area contributed by atoms with Crippen molar-refractivity contribution >= 4 is 11.4 Å². The molecule has 5 heteroatoms. The number of fused-ring (bicyclic) bond motifs is 2. The first-order valence-corrected chi connectivity index (χ1v) is 9.29. The molecule has 1 aliphatic rings. The summed E-state index contributed by atoms with van der Waals surface area (Å²) in [4.78, 5) is 9.94. The smallest absolute Gasteiger partial charge is 0.152 e. The topological polar surface area (TPSA) is 53.2 Å². The van der Waals surface area contributed by atoms with Crippen LogP contribution in [-0.2, 0) is 6.54 Å². The highest BCUT2D eigenvalue weighted by molar-refractivity contribution is 5.83. The highest BCUT2D eigenvalue weighted by Crippen LogP contribution is 2.49. The monoisotopic (exact) mass is 360 g/mol. The molecule has 0 spiro atoms. The number of H-pyrrole nitrogens is 1. The summed E-state index contributed by atoms with van der Waals surface area (Å²) in [6.45, 7) is 9.95. The third-order valence-electron chi connectivity index (χ3n) is 4.72. The van der Waals surface area contributed by atoms with E-state index in [9.17, 15) is 0 Å². The molecule has 2 heterocycles. The highest BCUT2D eigenvalue weighted by atomic mass is 16.5. The van der Waals surface area contributed by atoms with Gasteiger partial charge in [-0.1, -0.05) is 31.7 Å². The standard InChI is InChI=1S/C22H24N4O/c1-4-11-23-14-21-24-13-17(25-21)16-9-10-18-20(12-16)27-19-8-6-7-15(3)22(19)26(18)5-2/h5-10,12-13,23H,2,4,11,14H2,1,3H3,(H,24,25). The molecule has 27 heavy (non-hydrogen) atoms. The number of hydrogen-bond donors (Lipinski definition) is 2. The second-order valence-corrected chi connectivity index (χ2v) is 6.68. The Bertz CT molecular complexity index is 976. The fraction of sp³-hybridized carbons (Fsp3) is 0.227. The van der Waals surface area contributed by atoms with Crippen LogP contribution in [0.1, 0.15) is 24.7 Å². The number of hydrogen-bond acceptors (Lipinski definition) is 4. The van der Waals surface area contributed by atoms with E-state index in [1.807, 2.05) is 30.6 Å². The third kappa shape index (κ3) is 3.22. The van der Waals surface area contributed by atoms with Crippen LogP contribution in [0.4, 0.5) is 11.4 Å². The molecule has 2 N–H and O–H groups in total. The third-order valence-corrected chi connectivity index (χ3v) is 4.72. The second-order valence-electron chi connectivity index (χ2n) is 6.68. The quantitative estimate of drug-likeness (QED) is 0.588. The van der Waals surface area contributed by atoms with Gasteiger partial charge in [0.25, 0.3) is 0 Å². The van der Waals surface area contributed by atoms with Gasteiger partial charge in [-0.25, -0.2) is 4.98 Å². The Morgan fingerprint density at radius 1 is 1.26 bits per heavy atom. The van der Waals surface area contributed by atoms with Crippen molar-refractivity contribution in [3.8, 4) is 22.8 Å². The summed E-state index contributed by atoms with van der Waals surface area (Å²) in [5, 5.41) is 3.36. The summed E-state index contributed by atoms with van der Waals surface area (Å²) in [5.41, 5.74) is 5.20. The number of ether oxygens (including phenoxy) is 1. The Morgan fingerprint density at radius 2 is 2.15 bits per heavy atom. The normalized spacial score (nSPS) is 12.3. The number of benzene rings is 2. The summed E-state index contributed by atoms with van der Waals surface area (Å²) >= 11 is 0. The lowest BCUT2D eigenvalue weighted by Gasteiger charge is -2.31. The van der Waals surface area contributed by atoms with Gasteiger partial charge in [-0.15, -0.1) is 0 Å². The maximum absolute atomic E-state index is 6.20. The van der Waals surface area contributed by atoms with Crippen molar-refractivity contribution in [3.63, 3.8) is 0 Å². The fourth-order valence-corrected chi connectivity index (χ4v) is 3.40. The first-order chi connectivity index (χ1) is 13.2. The molecule has 5 nitrogen and oxygen atoms in total. The predicted octanol–water partition coefficient (Wildman–Crippen LogP) is 5.27. The number of aromatic amines is 1. The van der Waals surface area contributed by atoms with E-state index < -0.39 is 0 Å². The van der Waals surface area contributed by atoms with Crippen molar-refractivity contribution in [2.45, 2.75) is 26.8 Å². The minimum Gasteiger partial charge on any atom is -0.453 e. The van der Waals surface area contributed by atoms with Crippen LogP contribution in [0.25, 0.3) is 11.3 Å². The molecule has 4 rings (SSSR count). The van der Waals surface area contributed by atoms with Gasteiger partial charge in [-0.2, -0.15) is 0 Å². The fourth-order valence-electron chi connectivity index (χ4n) is 3.40. The van der Waals surface area contributed by atoms with Gasteiger partial charge in [-0.05, 0) is 43.7 Å². The largest absolute Gasteiger partial charge is 0.453 e. The number of aryl methyl sites for hydroxylation is 1. The Kier molecular flexibility index (Phi) is 4.69. The van der Waals surface area contributed by atoms with Crippen molar-refractivity contribution in [2.75, 3.05) is 11.4 Å². The molecule has 0 saturated carbocycles. The second kappa shape index (κ2) is 7.29. The minimum atomic E-state index is 0.742. The molecule has 1 aliphatic heterocycles. The van der Waals surface area contributed by atoms with Gasteiger partial charge in [0, 0.05) is 11.8 Å². The predicted molar refractivity (Wildman–Crippen MR) is 110 cm³/mol. The maximum atomic E-state index is 6.20. The number of anilines is 2. The first-order valence-electron chi connectivity index (χ1n) is 9.29. The van der Waals surface area contributed by atoms with Crippen molar-refractivity contribution in [1.29, 1.82) is 0 Å². The summed E-state index contributed by atoms with van der Waals surface area (Å²) in [7, 11) is 0. The van der Waals surface area contributed by atoms with Crippen molar-refractivity contribution in [3.05, 3.63) is 66.8 Å². The zero-order valence-corrected chi connectivity index (χ0v) is 15.7. The first kappa shape index (κ1) is 17.4. The summed E-state index contributed by atoms with van der Waals surface area (Å²) in [6.07, 6.45) is 4.81. The molecular formula is C22H24N4O. The molecule has 1 aromatic heterocycles. The zero-order chi connectivity index (χ0) is 18.8. The summed E-state index contributed by atoms with van der Waals surface area (Å²) in [5.74, 6) is 2.59. The number of nitrogens with one attached hydrogen (secondary N) is 2. The molecular weight excluding hydrogens is 336 g/mol. The Labute approximate surface area is 159 Å². The molecule has 138 valence electrons. The lowest BCUT2D eigenvalue weighted by Crippen LogP contribution is -2.15. The summed E-state index contributed by atoms with van der Waals surface area (Å²) in [6, 6.07) is 12.3. The lowest BCUT2D eigenvalue weighted by atomic mass is 10.1. The van der Waals surface area contributed by atoms with Gasteiger partial charge in [0.15, 0.2) is 11.5 Å². The van der Waals surface area contributed by atoms with Crippen molar-refractivity contribution in [2.24, 2.45) is 0 Å². The van der Waals surface area contributed by atoms with Gasteiger partial charge < -0.3 is 19.9 Å². The van der Waals surface area contributed by atoms with Crippen LogP contribution < -0.4 is 15.0 Å². The molecule has 0 amide bonds. The van der Waals surface area contributed by atoms with E-state index in [0.717, 1.165) is 65.0 Å². The average molecular weight is 360 g/mol. The van der Waals surface area contributed by atoms with Crippen LogP contribution in [0.5, 0.6) is 11.5 Å². The van der Waals surface area contributed by atoms with Gasteiger partial charge in [0.05, 0.1) is 29.8 Å². The van der Waals surface area contributed by atoms with Crippen LogP contribution in [-0.4, -0.2) is 16.5 Å². The van der Waals surface area contributed by atoms with E-state index in [2.05, 4.69) is 58.8 Å². The highest BCUT2D eigenvalue weighted by Gasteiger charge is 2.24. The van der Waals surface area contributed by atoms with Gasteiger partial charge in [0.1, 0.15) is 5.82 Å². The van der Waals surface area contributed by atoms with E-state index in [4.69, 9.17) is 4.74 Å². The van der Waals surface area contributed by atoms with Crippen LogP contribution in [0, 0.1) is 6.92 Å². The van der Waals surface area contributed by atoms with Crippen LogP contribution >= 0.6 is 0 Å². The van der Waals surface area contributed by atoms with E-state index in [1.54, 1.807) is 0 Å². The number of nitrogens with zero attached hydrogens (tertiary/aromatic N) is 2. The summed E-state index contributed by atoms with van der Waals surface area (Å²) < 4.78 is 6.20. The lowest BCUT2D eigenvalue weighted by molar-refractivity contribution is 0.476. The molecule has 0 atom stereocenters. The molecule has 0 unspecified atom stereocenters. The van der Waals surface area contributed by atoms with Gasteiger partial charge in [0.2, 0.25) is 0 Å². The number of imidazole rings is 1. The molecule has 0 aliphatic carbocycles. The maximum Gasteiger partial charge on any atom is 0.152 e. The van der Waals surface area contributed by atoms with Crippen molar-refractivity contribution < 1.29 is 4.74 Å². The van der Waals surface area contributed by atoms with E-state index >= 15 is 0 Å². The molecule has 2 aromatic carbocycles. The molecule has 0 fully saturated rings. The molecule has 0 radical (unpaired) electrons. The Balaban J connectivity index is 1.65. The van der Waals surface area contributed by atoms with Crippen LogP contribution in [0.2, 0.25) is 0 Å². The molecule has 0 saturated heterocycles. The minimum absolute atomic E-state index is 0.742.